The molecule has 0 aliphatic carbocycles. The molecule has 0 amide bonds. The Bertz CT molecular complexity index is 589. The molecule has 0 spiro atoms. The fourth-order valence-electron chi connectivity index (χ4n) is 2.98. The quantitative estimate of drug-likeness (QED) is 0.621. The van der Waals surface area contributed by atoms with E-state index in [0.717, 1.165) is 37.6 Å². The Labute approximate surface area is 146 Å². The summed E-state index contributed by atoms with van der Waals surface area (Å²) in [5.41, 5.74) is 5.40. The van der Waals surface area contributed by atoms with Crippen molar-refractivity contribution in [2.45, 2.75) is 53.4 Å². The second-order valence-corrected chi connectivity index (χ2v) is 6.13. The molecule has 2 heterocycles. The predicted octanol–water partition coefficient (Wildman–Crippen LogP) is 5.67. The van der Waals surface area contributed by atoms with E-state index >= 15 is 0 Å². The summed E-state index contributed by atoms with van der Waals surface area (Å²) in [6.45, 7) is 10.0. The van der Waals surface area contributed by atoms with Gasteiger partial charge in [-0.1, -0.05) is 49.2 Å². The molecule has 2 aromatic rings. The lowest BCUT2D eigenvalue weighted by Crippen LogP contribution is -2.07. The van der Waals surface area contributed by atoms with E-state index in [9.17, 15) is 0 Å². The molecule has 2 heteroatoms. The third-order valence-corrected chi connectivity index (χ3v) is 4.13. The Morgan fingerprint density at radius 2 is 1.08 bits per heavy atom. The monoisotopic (exact) mass is 326 g/mol. The highest BCUT2D eigenvalue weighted by molar-refractivity contribution is 5.38. The van der Waals surface area contributed by atoms with Crippen molar-refractivity contribution in [1.29, 1.82) is 0 Å². The Balaban J connectivity index is 0.000000158. The van der Waals surface area contributed by atoms with Crippen LogP contribution in [-0.2, 0) is 12.8 Å². The number of fused-ring (bicyclic) bond motifs is 2. The molecular formula is C22H30O2. The topological polar surface area (TPSA) is 18.5 Å². The maximum atomic E-state index is 5.48. The minimum atomic E-state index is 0.885. The first-order valence-corrected chi connectivity index (χ1v) is 9.17. The smallest absolute Gasteiger partial charge is 0.122 e. The maximum Gasteiger partial charge on any atom is 0.122 e. The van der Waals surface area contributed by atoms with Crippen LogP contribution in [0.1, 0.15) is 48.9 Å². The normalized spacial score (nSPS) is 14.3. The average Bonchev–Trinajstić information content (AvgIpc) is 2.64. The molecule has 0 N–H and O–H groups in total. The van der Waals surface area contributed by atoms with Gasteiger partial charge in [-0.2, -0.15) is 0 Å². The summed E-state index contributed by atoms with van der Waals surface area (Å²) in [6.07, 6.45) is 4.68. The number of benzene rings is 2. The van der Waals surface area contributed by atoms with E-state index in [2.05, 4.69) is 50.2 Å². The molecule has 0 aromatic heterocycles. The highest BCUT2D eigenvalue weighted by Crippen LogP contribution is 2.25. The molecule has 130 valence electrons. The predicted molar refractivity (Wildman–Crippen MR) is 101 cm³/mol. The van der Waals surface area contributed by atoms with Gasteiger partial charge in [-0.15, -0.1) is 0 Å². The molecule has 2 aliphatic rings. The van der Waals surface area contributed by atoms with E-state index in [1.807, 2.05) is 13.8 Å². The lowest BCUT2D eigenvalue weighted by atomic mass is 10.0. The first-order valence-electron chi connectivity index (χ1n) is 9.17. The lowest BCUT2D eigenvalue weighted by molar-refractivity contribution is 0.288. The van der Waals surface area contributed by atoms with Crippen LogP contribution >= 0.6 is 0 Å². The van der Waals surface area contributed by atoms with Crippen molar-refractivity contribution in [3.63, 3.8) is 0 Å². The van der Waals surface area contributed by atoms with Gasteiger partial charge in [0.2, 0.25) is 0 Å². The molecule has 0 unspecified atom stereocenters. The molecule has 0 bridgehead atoms. The summed E-state index contributed by atoms with van der Waals surface area (Å²) in [7, 11) is 0. The van der Waals surface area contributed by atoms with Crippen LogP contribution in [0.2, 0.25) is 0 Å². The zero-order valence-corrected chi connectivity index (χ0v) is 15.5. The number of rotatable bonds is 0. The summed E-state index contributed by atoms with van der Waals surface area (Å²) in [5, 5.41) is 0. The Morgan fingerprint density at radius 3 is 1.50 bits per heavy atom. The van der Waals surface area contributed by atoms with Gasteiger partial charge >= 0.3 is 0 Å². The fraction of sp³-hybridized carbons (Fsp3) is 0.455. The second-order valence-electron chi connectivity index (χ2n) is 6.13. The van der Waals surface area contributed by atoms with Crippen molar-refractivity contribution >= 4 is 0 Å². The van der Waals surface area contributed by atoms with Crippen LogP contribution in [-0.4, -0.2) is 13.2 Å². The van der Waals surface area contributed by atoms with Gasteiger partial charge in [0, 0.05) is 0 Å². The first kappa shape index (κ1) is 18.4. The zero-order chi connectivity index (χ0) is 17.4. The standard InChI is InChI=1S/2C10H12O.C2H6/c2*1-8-4-5-10-9(7-8)3-2-6-11-10;1-2/h2*4-5,7H,2-3,6H2,1H3;1-2H3. The summed E-state index contributed by atoms with van der Waals surface area (Å²) < 4.78 is 11.0. The molecule has 0 fully saturated rings. The highest BCUT2D eigenvalue weighted by Gasteiger charge is 2.09. The van der Waals surface area contributed by atoms with Crippen LogP contribution in [0.3, 0.4) is 0 Å². The van der Waals surface area contributed by atoms with E-state index < -0.39 is 0 Å². The van der Waals surface area contributed by atoms with Gasteiger partial charge in [-0.05, 0) is 62.8 Å². The van der Waals surface area contributed by atoms with Crippen molar-refractivity contribution in [3.05, 3.63) is 58.7 Å². The fourth-order valence-corrected chi connectivity index (χ4v) is 2.98. The van der Waals surface area contributed by atoms with Gasteiger partial charge < -0.3 is 9.47 Å². The van der Waals surface area contributed by atoms with Crippen LogP contribution < -0.4 is 9.47 Å². The molecule has 24 heavy (non-hydrogen) atoms. The minimum Gasteiger partial charge on any atom is -0.493 e. The van der Waals surface area contributed by atoms with Crippen molar-refractivity contribution in [3.8, 4) is 11.5 Å². The molecule has 4 rings (SSSR count). The Hall–Kier alpha value is -1.96. The van der Waals surface area contributed by atoms with Crippen LogP contribution in [0.25, 0.3) is 0 Å². The number of hydrogen-bond donors (Lipinski definition) is 0. The van der Waals surface area contributed by atoms with E-state index in [0.29, 0.717) is 0 Å². The molecule has 0 atom stereocenters. The zero-order valence-electron chi connectivity index (χ0n) is 15.5. The van der Waals surface area contributed by atoms with Gasteiger partial charge in [0.05, 0.1) is 13.2 Å². The first-order chi connectivity index (χ1) is 11.7. The Morgan fingerprint density at radius 1 is 0.667 bits per heavy atom. The largest absolute Gasteiger partial charge is 0.493 e. The highest BCUT2D eigenvalue weighted by atomic mass is 16.5. The number of hydrogen-bond acceptors (Lipinski definition) is 2. The van der Waals surface area contributed by atoms with Crippen molar-refractivity contribution in [2.75, 3.05) is 13.2 Å². The van der Waals surface area contributed by atoms with Gasteiger partial charge in [0.25, 0.3) is 0 Å². The van der Waals surface area contributed by atoms with Crippen molar-refractivity contribution < 1.29 is 9.47 Å². The second kappa shape index (κ2) is 9.36. The molecule has 2 nitrogen and oxygen atoms in total. The third kappa shape index (κ3) is 5.02. The molecule has 0 saturated carbocycles. The van der Waals surface area contributed by atoms with Crippen LogP contribution in [0, 0.1) is 13.8 Å². The summed E-state index contributed by atoms with van der Waals surface area (Å²) in [6, 6.07) is 12.8. The summed E-state index contributed by atoms with van der Waals surface area (Å²) >= 11 is 0. The minimum absolute atomic E-state index is 0.885. The molecule has 0 radical (unpaired) electrons. The molecular weight excluding hydrogens is 296 g/mol. The Kier molecular flexibility index (Phi) is 7.17. The molecule has 2 aromatic carbocycles. The third-order valence-electron chi connectivity index (χ3n) is 4.13. The van der Waals surface area contributed by atoms with Gasteiger partial charge in [0.15, 0.2) is 0 Å². The van der Waals surface area contributed by atoms with Gasteiger partial charge in [-0.3, -0.25) is 0 Å². The van der Waals surface area contributed by atoms with E-state index in [4.69, 9.17) is 9.47 Å². The summed E-state index contributed by atoms with van der Waals surface area (Å²) in [5.74, 6) is 2.17. The summed E-state index contributed by atoms with van der Waals surface area (Å²) in [4.78, 5) is 0. The maximum absolute atomic E-state index is 5.48. The van der Waals surface area contributed by atoms with Crippen molar-refractivity contribution in [1.82, 2.24) is 0 Å². The van der Waals surface area contributed by atoms with Crippen LogP contribution in [0.4, 0.5) is 0 Å². The molecule has 0 saturated heterocycles. The van der Waals surface area contributed by atoms with E-state index in [1.54, 1.807) is 0 Å². The van der Waals surface area contributed by atoms with Crippen molar-refractivity contribution in [2.24, 2.45) is 0 Å². The number of ether oxygens (including phenoxy) is 2. The average molecular weight is 326 g/mol. The van der Waals surface area contributed by atoms with E-state index in [1.165, 1.54) is 35.1 Å². The SMILES string of the molecule is CC.Cc1ccc2c(c1)CCCO2.Cc1ccc2c(c1)CCCO2. The van der Waals surface area contributed by atoms with Crippen LogP contribution in [0.15, 0.2) is 36.4 Å². The molecule has 2 aliphatic heterocycles. The van der Waals surface area contributed by atoms with Gasteiger partial charge in [0.1, 0.15) is 11.5 Å². The van der Waals surface area contributed by atoms with Gasteiger partial charge in [-0.25, -0.2) is 0 Å². The van der Waals surface area contributed by atoms with E-state index in [-0.39, 0.29) is 0 Å². The van der Waals surface area contributed by atoms with Crippen LogP contribution in [0.5, 0.6) is 11.5 Å². The lowest BCUT2D eigenvalue weighted by Gasteiger charge is -2.16. The number of aryl methyl sites for hydroxylation is 4.